The van der Waals surface area contributed by atoms with E-state index in [1.807, 2.05) is 69.3 Å². The van der Waals surface area contributed by atoms with Crippen molar-refractivity contribution < 1.29 is 18.9 Å². The van der Waals surface area contributed by atoms with Gasteiger partial charge in [0, 0.05) is 5.57 Å². The van der Waals surface area contributed by atoms with E-state index in [0.29, 0.717) is 5.89 Å². The van der Waals surface area contributed by atoms with Crippen molar-refractivity contribution in [2.75, 3.05) is 19.6 Å². The quantitative estimate of drug-likeness (QED) is 0.386. The second-order valence-electron chi connectivity index (χ2n) is 8.75. The fraction of sp³-hybridized carbons (Fsp3) is 0.464. The van der Waals surface area contributed by atoms with Crippen LogP contribution in [0.15, 0.2) is 65.7 Å². The molecule has 2 aromatic rings. The standard InChI is InChI=1S/C17H24N3O.C9H10O2.C2H6/c1-3-5-15(6-4-2)17-18-16(19-21-17)13-20-10-7-14(8-11-20)9-12-20;1-7(9(10)11)8-5-3-2-4-6-8;1-2/h3-6,14H,1,7-13H2,2H3;2-7H,1H3,(H,10,11);1-2H3/q+1;;/b6-4-,15-5+;;. The molecule has 1 aromatic heterocycles. The Morgan fingerprint density at radius 1 is 1.21 bits per heavy atom. The van der Waals surface area contributed by atoms with Gasteiger partial charge in [-0.15, -0.1) is 0 Å². The van der Waals surface area contributed by atoms with Gasteiger partial charge in [-0.3, -0.25) is 4.79 Å². The van der Waals surface area contributed by atoms with E-state index in [4.69, 9.17) is 9.63 Å². The van der Waals surface area contributed by atoms with Gasteiger partial charge in [-0.05, 0) is 44.6 Å². The van der Waals surface area contributed by atoms with Crippen LogP contribution in [-0.4, -0.2) is 45.3 Å². The van der Waals surface area contributed by atoms with Crippen LogP contribution in [0.4, 0.5) is 0 Å². The van der Waals surface area contributed by atoms with E-state index in [1.165, 1.54) is 38.9 Å². The summed E-state index contributed by atoms with van der Waals surface area (Å²) >= 11 is 0. The molecule has 3 aliphatic rings. The smallest absolute Gasteiger partial charge is 0.310 e. The van der Waals surface area contributed by atoms with Gasteiger partial charge in [-0.1, -0.05) is 80.2 Å². The second kappa shape index (κ2) is 13.7. The molecule has 1 aromatic carbocycles. The Labute approximate surface area is 204 Å². The van der Waals surface area contributed by atoms with Gasteiger partial charge in [-0.2, -0.15) is 4.98 Å². The third-order valence-corrected chi connectivity index (χ3v) is 6.54. The third-order valence-electron chi connectivity index (χ3n) is 6.54. The average molecular weight is 467 g/mol. The van der Waals surface area contributed by atoms with Gasteiger partial charge < -0.3 is 14.1 Å². The molecule has 184 valence electrons. The Bertz CT molecular complexity index is 941. The summed E-state index contributed by atoms with van der Waals surface area (Å²) in [5.41, 5.74) is 1.77. The number of hydrogen-bond donors (Lipinski definition) is 1. The van der Waals surface area contributed by atoms with Crippen LogP contribution in [0, 0.1) is 5.92 Å². The molecule has 34 heavy (non-hydrogen) atoms. The van der Waals surface area contributed by atoms with E-state index < -0.39 is 11.9 Å². The molecule has 6 nitrogen and oxygen atoms in total. The average Bonchev–Trinajstić information content (AvgIpc) is 3.34. The summed E-state index contributed by atoms with van der Waals surface area (Å²) < 4.78 is 6.59. The molecule has 3 fully saturated rings. The van der Waals surface area contributed by atoms with Crippen LogP contribution < -0.4 is 0 Å². The number of rotatable bonds is 7. The number of fused-ring (bicyclic) bond motifs is 3. The molecule has 3 aliphatic heterocycles. The molecule has 3 saturated heterocycles. The highest BCUT2D eigenvalue weighted by Crippen LogP contribution is 2.34. The van der Waals surface area contributed by atoms with Crippen molar-refractivity contribution in [1.29, 1.82) is 0 Å². The number of piperidine rings is 3. The van der Waals surface area contributed by atoms with E-state index in [1.54, 1.807) is 13.0 Å². The number of aliphatic carboxylic acids is 1. The minimum absolute atomic E-state index is 0.406. The van der Waals surface area contributed by atoms with Gasteiger partial charge in [0.15, 0.2) is 0 Å². The summed E-state index contributed by atoms with van der Waals surface area (Å²) in [5, 5.41) is 12.8. The molecule has 4 heterocycles. The van der Waals surface area contributed by atoms with Gasteiger partial charge in [-0.25, -0.2) is 0 Å². The summed E-state index contributed by atoms with van der Waals surface area (Å²) in [6, 6.07) is 9.19. The zero-order valence-electron chi connectivity index (χ0n) is 21.1. The molecule has 0 aliphatic carbocycles. The summed E-state index contributed by atoms with van der Waals surface area (Å²) in [6.07, 6.45) is 11.7. The molecule has 0 radical (unpaired) electrons. The largest absolute Gasteiger partial charge is 0.481 e. The number of quaternary nitrogens is 1. The first-order valence-electron chi connectivity index (χ1n) is 12.4. The number of allylic oxidation sites excluding steroid dienone is 5. The van der Waals surface area contributed by atoms with Gasteiger partial charge in [0.05, 0.1) is 25.6 Å². The first-order chi connectivity index (χ1) is 16.5. The van der Waals surface area contributed by atoms with Crippen LogP contribution in [-0.2, 0) is 11.3 Å². The van der Waals surface area contributed by atoms with Crippen LogP contribution in [0.2, 0.25) is 0 Å². The maximum Gasteiger partial charge on any atom is 0.310 e. The van der Waals surface area contributed by atoms with Gasteiger partial charge in [0.1, 0.15) is 6.54 Å². The molecular weight excluding hydrogens is 426 g/mol. The molecule has 0 saturated carbocycles. The number of carboxylic acid groups (broad SMARTS) is 1. The molecule has 1 unspecified atom stereocenters. The maximum atomic E-state index is 10.5. The Morgan fingerprint density at radius 3 is 2.35 bits per heavy atom. The minimum atomic E-state index is -0.781. The molecule has 1 atom stereocenters. The maximum absolute atomic E-state index is 10.5. The number of hydrogen-bond acceptors (Lipinski definition) is 4. The SMILES string of the molecule is C=C/C=C(\C=C/C)c1nc(C[N+]23CCC(CC2)CC3)no1.CC.CC(C(=O)O)c1ccccc1. The second-order valence-corrected chi connectivity index (χ2v) is 8.75. The van der Waals surface area contributed by atoms with Crippen LogP contribution in [0.25, 0.3) is 5.57 Å². The molecule has 0 amide bonds. The number of carbonyl (C=O) groups is 1. The number of carboxylic acids is 1. The first-order valence-corrected chi connectivity index (χ1v) is 12.4. The van der Waals surface area contributed by atoms with Crippen molar-refractivity contribution in [3.63, 3.8) is 0 Å². The highest BCUT2D eigenvalue weighted by molar-refractivity contribution is 5.75. The minimum Gasteiger partial charge on any atom is -0.481 e. The van der Waals surface area contributed by atoms with Crippen LogP contribution in [0.5, 0.6) is 0 Å². The highest BCUT2D eigenvalue weighted by atomic mass is 16.5. The third kappa shape index (κ3) is 7.52. The van der Waals surface area contributed by atoms with Crippen molar-refractivity contribution in [1.82, 2.24) is 10.1 Å². The molecule has 2 bridgehead atoms. The molecule has 0 spiro atoms. The highest BCUT2D eigenvalue weighted by Gasteiger charge is 2.40. The summed E-state index contributed by atoms with van der Waals surface area (Å²) in [5.74, 6) is 1.22. The lowest BCUT2D eigenvalue weighted by Gasteiger charge is -2.48. The number of aromatic nitrogens is 2. The van der Waals surface area contributed by atoms with Crippen molar-refractivity contribution in [3.8, 4) is 0 Å². The van der Waals surface area contributed by atoms with E-state index >= 15 is 0 Å². The zero-order valence-corrected chi connectivity index (χ0v) is 21.1. The van der Waals surface area contributed by atoms with E-state index in [2.05, 4.69) is 16.7 Å². The summed E-state index contributed by atoms with van der Waals surface area (Å²) in [4.78, 5) is 15.1. The lowest BCUT2D eigenvalue weighted by Crippen LogP contribution is -2.57. The fourth-order valence-electron chi connectivity index (χ4n) is 4.50. The number of benzene rings is 1. The molecule has 1 N–H and O–H groups in total. The number of nitrogens with zero attached hydrogens (tertiary/aromatic N) is 3. The van der Waals surface area contributed by atoms with Crippen LogP contribution >= 0.6 is 0 Å². The topological polar surface area (TPSA) is 76.2 Å². The Hall–Kier alpha value is -2.99. The lowest BCUT2D eigenvalue weighted by molar-refractivity contribution is -0.955. The fourth-order valence-corrected chi connectivity index (χ4v) is 4.50. The zero-order chi connectivity index (χ0) is 25.0. The van der Waals surface area contributed by atoms with E-state index in [0.717, 1.165) is 33.9 Å². The summed E-state index contributed by atoms with van der Waals surface area (Å²) in [7, 11) is 0. The molecule has 5 rings (SSSR count). The van der Waals surface area contributed by atoms with Crippen molar-refractivity contribution in [2.45, 2.75) is 59.4 Å². The van der Waals surface area contributed by atoms with Gasteiger partial charge >= 0.3 is 5.97 Å². The van der Waals surface area contributed by atoms with Crippen LogP contribution in [0.1, 0.15) is 70.2 Å². The van der Waals surface area contributed by atoms with E-state index in [-0.39, 0.29) is 0 Å². The monoisotopic (exact) mass is 466 g/mol. The predicted octanol–water partition coefficient (Wildman–Crippen LogP) is 6.25. The Kier molecular flexibility index (Phi) is 10.9. The normalized spacial score (nSPS) is 22.2. The van der Waals surface area contributed by atoms with Crippen molar-refractivity contribution in [3.05, 3.63) is 78.5 Å². The Balaban J connectivity index is 0.000000266. The van der Waals surface area contributed by atoms with Crippen LogP contribution in [0.3, 0.4) is 0 Å². The molecule has 6 heteroatoms. The van der Waals surface area contributed by atoms with E-state index in [9.17, 15) is 4.79 Å². The first kappa shape index (κ1) is 27.3. The van der Waals surface area contributed by atoms with Crippen molar-refractivity contribution in [2.24, 2.45) is 5.92 Å². The van der Waals surface area contributed by atoms with Gasteiger partial charge in [0.25, 0.3) is 5.89 Å². The van der Waals surface area contributed by atoms with Gasteiger partial charge in [0.2, 0.25) is 5.82 Å². The lowest BCUT2D eigenvalue weighted by atomic mass is 9.86. The Morgan fingerprint density at radius 2 is 1.82 bits per heavy atom. The van der Waals surface area contributed by atoms with Crippen molar-refractivity contribution >= 4 is 11.5 Å². The molecular formula is C28H40N3O3+. The summed E-state index contributed by atoms with van der Waals surface area (Å²) in [6.45, 7) is 16.1. The predicted molar refractivity (Wildman–Crippen MR) is 137 cm³/mol.